The Morgan fingerprint density at radius 1 is 1.07 bits per heavy atom. The van der Waals surface area contributed by atoms with Crippen LogP contribution in [0.15, 0.2) is 67.1 Å². The third-order valence-corrected chi connectivity index (χ3v) is 5.21. The van der Waals surface area contributed by atoms with Gasteiger partial charge >= 0.3 is 0 Å². The van der Waals surface area contributed by atoms with Crippen molar-refractivity contribution in [3.8, 4) is 11.1 Å². The predicted molar refractivity (Wildman–Crippen MR) is 107 cm³/mol. The van der Waals surface area contributed by atoms with E-state index in [9.17, 15) is 4.39 Å². The maximum Gasteiger partial charge on any atom is 0.123 e. The highest BCUT2D eigenvalue weighted by Crippen LogP contribution is 2.27. The number of ether oxygens (including phenoxy) is 1. The van der Waals surface area contributed by atoms with Gasteiger partial charge in [0, 0.05) is 49.4 Å². The maximum atomic E-state index is 13.1. The van der Waals surface area contributed by atoms with Crippen LogP contribution in [0.5, 0.6) is 0 Å². The van der Waals surface area contributed by atoms with E-state index >= 15 is 0 Å². The summed E-state index contributed by atoms with van der Waals surface area (Å²) in [5, 5.41) is 8.71. The molecule has 146 valence electrons. The molecule has 0 N–H and O–H groups in total. The van der Waals surface area contributed by atoms with Gasteiger partial charge in [-0.3, -0.25) is 9.88 Å². The molecule has 4 heterocycles. The normalized spacial score (nSPS) is 17.6. The van der Waals surface area contributed by atoms with Crippen molar-refractivity contribution >= 4 is 5.52 Å². The SMILES string of the molecule is Fc1ccc(CN2CCO[C@@H](c3nnn4cc(-c5cccnc5)ccc34)C2)cc1. The molecule has 29 heavy (non-hydrogen) atoms. The minimum Gasteiger partial charge on any atom is -0.369 e. The van der Waals surface area contributed by atoms with Crippen molar-refractivity contribution in [3.05, 3.63) is 84.2 Å². The molecule has 1 fully saturated rings. The second kappa shape index (κ2) is 7.69. The third kappa shape index (κ3) is 3.74. The third-order valence-electron chi connectivity index (χ3n) is 5.21. The van der Waals surface area contributed by atoms with Crippen LogP contribution in [0.3, 0.4) is 0 Å². The molecule has 4 aromatic rings. The van der Waals surface area contributed by atoms with E-state index in [0.717, 1.165) is 47.5 Å². The lowest BCUT2D eigenvalue weighted by Gasteiger charge is -2.32. The maximum absolute atomic E-state index is 13.1. The summed E-state index contributed by atoms with van der Waals surface area (Å²) < 4.78 is 20.9. The zero-order chi connectivity index (χ0) is 19.6. The molecular weight excluding hydrogens is 369 g/mol. The Bertz CT molecular complexity index is 1110. The minimum atomic E-state index is -0.213. The van der Waals surface area contributed by atoms with E-state index in [4.69, 9.17) is 4.74 Å². The van der Waals surface area contributed by atoms with Gasteiger partial charge in [0.15, 0.2) is 0 Å². The Morgan fingerprint density at radius 2 is 1.97 bits per heavy atom. The molecule has 0 bridgehead atoms. The van der Waals surface area contributed by atoms with Gasteiger partial charge in [-0.05, 0) is 29.8 Å². The lowest BCUT2D eigenvalue weighted by atomic mass is 10.1. The smallest absolute Gasteiger partial charge is 0.123 e. The van der Waals surface area contributed by atoms with Gasteiger partial charge in [0.05, 0.1) is 12.1 Å². The molecule has 1 aliphatic rings. The number of rotatable bonds is 4. The first-order valence-corrected chi connectivity index (χ1v) is 9.60. The standard InChI is InChI=1S/C22H20FN5O/c23-19-6-3-16(4-7-19)13-27-10-11-29-21(15-27)22-20-8-5-18(14-28(20)26-25-22)17-2-1-9-24-12-17/h1-9,12,14,21H,10-11,13,15H2/t21-/m1/s1. The fourth-order valence-electron chi connectivity index (χ4n) is 3.71. The number of hydrogen-bond acceptors (Lipinski definition) is 5. The average molecular weight is 389 g/mol. The van der Waals surface area contributed by atoms with Crippen molar-refractivity contribution in [1.82, 2.24) is 24.7 Å². The predicted octanol–water partition coefficient (Wildman–Crippen LogP) is 3.50. The van der Waals surface area contributed by atoms with Crippen LogP contribution in [0, 0.1) is 5.82 Å². The van der Waals surface area contributed by atoms with E-state index in [-0.39, 0.29) is 11.9 Å². The molecule has 0 amide bonds. The molecule has 3 aromatic heterocycles. The summed E-state index contributed by atoms with van der Waals surface area (Å²) in [6.07, 6.45) is 5.40. The largest absolute Gasteiger partial charge is 0.369 e. The molecule has 5 rings (SSSR count). The molecule has 6 nitrogen and oxygen atoms in total. The molecule has 0 aliphatic carbocycles. The van der Waals surface area contributed by atoms with Gasteiger partial charge in [-0.15, -0.1) is 5.10 Å². The lowest BCUT2D eigenvalue weighted by Crippen LogP contribution is -2.38. The van der Waals surface area contributed by atoms with Crippen LogP contribution >= 0.6 is 0 Å². The first-order valence-electron chi connectivity index (χ1n) is 9.60. The molecule has 1 aromatic carbocycles. The van der Waals surface area contributed by atoms with Crippen molar-refractivity contribution in [3.63, 3.8) is 0 Å². The molecular formula is C22H20FN5O. The topological polar surface area (TPSA) is 55.5 Å². The number of hydrogen-bond donors (Lipinski definition) is 0. The number of morpholine rings is 1. The highest BCUT2D eigenvalue weighted by atomic mass is 19.1. The van der Waals surface area contributed by atoms with Gasteiger partial charge in [-0.25, -0.2) is 8.91 Å². The highest BCUT2D eigenvalue weighted by Gasteiger charge is 2.26. The van der Waals surface area contributed by atoms with Crippen LogP contribution in [0.4, 0.5) is 4.39 Å². The van der Waals surface area contributed by atoms with Gasteiger partial charge in [0.2, 0.25) is 0 Å². The van der Waals surface area contributed by atoms with Gasteiger partial charge in [0.1, 0.15) is 17.6 Å². The number of pyridine rings is 2. The van der Waals surface area contributed by atoms with Crippen LogP contribution in [0.2, 0.25) is 0 Å². The van der Waals surface area contributed by atoms with Crippen LogP contribution in [-0.4, -0.2) is 44.4 Å². The summed E-state index contributed by atoms with van der Waals surface area (Å²) in [6.45, 7) is 2.93. The van der Waals surface area contributed by atoms with Crippen molar-refractivity contribution in [1.29, 1.82) is 0 Å². The first-order chi connectivity index (χ1) is 14.3. The average Bonchev–Trinajstić information content (AvgIpc) is 3.19. The highest BCUT2D eigenvalue weighted by molar-refractivity contribution is 5.65. The van der Waals surface area contributed by atoms with E-state index in [1.807, 2.05) is 42.7 Å². The summed E-state index contributed by atoms with van der Waals surface area (Å²) in [6, 6.07) is 14.7. The second-order valence-electron chi connectivity index (χ2n) is 7.18. The molecule has 0 spiro atoms. The second-order valence-corrected chi connectivity index (χ2v) is 7.18. The Balaban J connectivity index is 1.36. The summed E-state index contributed by atoms with van der Waals surface area (Å²) in [4.78, 5) is 6.48. The van der Waals surface area contributed by atoms with Gasteiger partial charge in [0.25, 0.3) is 0 Å². The van der Waals surface area contributed by atoms with E-state index in [1.165, 1.54) is 12.1 Å². The number of nitrogens with zero attached hydrogens (tertiary/aromatic N) is 5. The molecule has 1 atom stereocenters. The molecule has 1 aliphatic heterocycles. The molecule has 0 unspecified atom stereocenters. The Hall–Kier alpha value is -3.16. The van der Waals surface area contributed by atoms with E-state index in [2.05, 4.69) is 26.3 Å². The van der Waals surface area contributed by atoms with Crippen LogP contribution in [-0.2, 0) is 11.3 Å². The number of fused-ring (bicyclic) bond motifs is 1. The first kappa shape index (κ1) is 17.9. The van der Waals surface area contributed by atoms with E-state index in [1.54, 1.807) is 10.7 Å². The zero-order valence-corrected chi connectivity index (χ0v) is 15.8. The van der Waals surface area contributed by atoms with Crippen LogP contribution in [0.25, 0.3) is 16.6 Å². The Morgan fingerprint density at radius 3 is 2.79 bits per heavy atom. The summed E-state index contributed by atoms with van der Waals surface area (Å²) in [5.74, 6) is -0.213. The molecule has 1 saturated heterocycles. The zero-order valence-electron chi connectivity index (χ0n) is 15.8. The monoisotopic (exact) mass is 389 g/mol. The molecule has 0 radical (unpaired) electrons. The summed E-state index contributed by atoms with van der Waals surface area (Å²) in [5.41, 5.74) is 4.93. The summed E-state index contributed by atoms with van der Waals surface area (Å²) >= 11 is 0. The van der Waals surface area contributed by atoms with Gasteiger partial charge < -0.3 is 4.74 Å². The van der Waals surface area contributed by atoms with Crippen LogP contribution in [0.1, 0.15) is 17.4 Å². The van der Waals surface area contributed by atoms with Gasteiger partial charge in [-0.2, -0.15) is 0 Å². The number of benzene rings is 1. The summed E-state index contributed by atoms with van der Waals surface area (Å²) in [7, 11) is 0. The van der Waals surface area contributed by atoms with Gasteiger partial charge in [-0.1, -0.05) is 29.5 Å². The van der Waals surface area contributed by atoms with E-state index in [0.29, 0.717) is 6.61 Å². The fourth-order valence-corrected chi connectivity index (χ4v) is 3.71. The van der Waals surface area contributed by atoms with Crippen molar-refractivity contribution in [2.75, 3.05) is 19.7 Å². The number of aromatic nitrogens is 4. The molecule has 0 saturated carbocycles. The van der Waals surface area contributed by atoms with Crippen LogP contribution < -0.4 is 0 Å². The number of halogens is 1. The molecule has 7 heteroatoms. The van der Waals surface area contributed by atoms with E-state index < -0.39 is 0 Å². The van der Waals surface area contributed by atoms with Crippen molar-refractivity contribution < 1.29 is 9.13 Å². The lowest BCUT2D eigenvalue weighted by molar-refractivity contribution is -0.0343. The minimum absolute atomic E-state index is 0.147. The van der Waals surface area contributed by atoms with Crippen molar-refractivity contribution in [2.45, 2.75) is 12.6 Å². The Labute approximate surface area is 167 Å². The van der Waals surface area contributed by atoms with Crippen molar-refractivity contribution in [2.24, 2.45) is 0 Å². The Kier molecular flexibility index (Phi) is 4.75. The fraction of sp³-hybridized carbons (Fsp3) is 0.227. The quantitative estimate of drug-likeness (QED) is 0.535.